The number of sulfonamides is 1. The van der Waals surface area contributed by atoms with Crippen LogP contribution in [0.2, 0.25) is 0 Å². The summed E-state index contributed by atoms with van der Waals surface area (Å²) in [6.45, 7) is 0.0556. The van der Waals surface area contributed by atoms with Gasteiger partial charge in [0.15, 0.2) is 18.2 Å². The fourth-order valence-corrected chi connectivity index (χ4v) is 4.78. The quantitative estimate of drug-likeness (QED) is 0.697. The second kappa shape index (κ2) is 8.49. The van der Waals surface area contributed by atoms with Gasteiger partial charge in [-0.1, -0.05) is 18.2 Å². The van der Waals surface area contributed by atoms with E-state index in [1.807, 2.05) is 4.72 Å². The normalized spacial score (nSPS) is 22.7. The van der Waals surface area contributed by atoms with Gasteiger partial charge in [-0.05, 0) is 30.5 Å². The Bertz CT molecular complexity index is 1190. The maximum Gasteiger partial charge on any atom is 0.283 e. The van der Waals surface area contributed by atoms with E-state index in [1.165, 1.54) is 24.3 Å². The number of alkyl halides is 2. The molecule has 1 aromatic carbocycles. The van der Waals surface area contributed by atoms with Gasteiger partial charge in [0.25, 0.3) is 11.8 Å². The number of carbonyl (C=O) groups excluding carboxylic acids is 1. The lowest BCUT2D eigenvalue weighted by atomic mass is 9.98. The van der Waals surface area contributed by atoms with E-state index in [1.54, 1.807) is 13.0 Å². The predicted octanol–water partition coefficient (Wildman–Crippen LogP) is 1.81. The van der Waals surface area contributed by atoms with E-state index in [-0.39, 0.29) is 30.2 Å². The number of carbonyl (C=O) groups is 1. The van der Waals surface area contributed by atoms with Crippen LogP contribution in [0.3, 0.4) is 0 Å². The van der Waals surface area contributed by atoms with Gasteiger partial charge in [0.1, 0.15) is 12.6 Å². The smallest absolute Gasteiger partial charge is 0.283 e. The molecule has 1 N–H and O–H groups in total. The summed E-state index contributed by atoms with van der Waals surface area (Å²) >= 11 is 0. The van der Waals surface area contributed by atoms with Crippen molar-refractivity contribution in [3.63, 3.8) is 0 Å². The molecule has 4 bridgehead atoms. The van der Waals surface area contributed by atoms with Gasteiger partial charge in [-0.3, -0.25) is 4.79 Å². The molecule has 0 aliphatic carbocycles. The molecular weight excluding hydrogens is 463 g/mol. The van der Waals surface area contributed by atoms with Crippen molar-refractivity contribution in [1.29, 1.82) is 0 Å². The first-order valence-electron chi connectivity index (χ1n) is 10.1. The minimum atomic E-state index is -4.06. The molecule has 0 saturated carbocycles. The Labute approximate surface area is 188 Å². The molecule has 2 aliphatic rings. The summed E-state index contributed by atoms with van der Waals surface area (Å²) in [4.78, 5) is 18.0. The minimum Gasteiger partial charge on any atom is -0.484 e. The average Bonchev–Trinajstić information content (AvgIpc) is 2.97. The lowest BCUT2D eigenvalue weighted by Crippen LogP contribution is -2.52. The Balaban J connectivity index is 1.78. The molecule has 1 aromatic heterocycles. The Morgan fingerprint density at radius 1 is 1.18 bits per heavy atom. The van der Waals surface area contributed by atoms with Crippen LogP contribution < -0.4 is 14.2 Å². The number of rotatable bonds is 2. The highest BCUT2D eigenvalue weighted by Gasteiger charge is 2.57. The molecule has 2 aromatic rings. The molecule has 2 aliphatic heterocycles. The molecule has 8 nitrogen and oxygen atoms in total. The van der Waals surface area contributed by atoms with E-state index in [0.29, 0.717) is 5.69 Å². The first-order chi connectivity index (χ1) is 15.4. The number of aryl methyl sites for hydroxylation is 1. The molecule has 4 rings (SSSR count). The number of fused-ring (bicyclic) bond motifs is 5. The van der Waals surface area contributed by atoms with Crippen LogP contribution in [0, 0.1) is 12.7 Å². The van der Waals surface area contributed by atoms with E-state index < -0.39 is 52.9 Å². The van der Waals surface area contributed by atoms with Crippen molar-refractivity contribution in [2.75, 3.05) is 19.4 Å². The molecule has 2 atom stereocenters. The van der Waals surface area contributed by atoms with E-state index >= 15 is 4.39 Å². The Morgan fingerprint density at radius 3 is 2.67 bits per heavy atom. The maximum atomic E-state index is 15.2. The number of pyridine rings is 1. The first kappa shape index (κ1) is 23.3. The number of ether oxygens (including phenoxy) is 2. The van der Waals surface area contributed by atoms with Crippen LogP contribution in [0.15, 0.2) is 30.3 Å². The fourth-order valence-electron chi connectivity index (χ4n) is 3.99. The zero-order valence-electron chi connectivity index (χ0n) is 17.8. The van der Waals surface area contributed by atoms with Crippen LogP contribution in [-0.2, 0) is 27.8 Å². The molecular formula is C21H22F3N3O5S. The number of hydrogen-bond acceptors (Lipinski definition) is 6. The zero-order chi connectivity index (χ0) is 24.0. The second-order valence-electron chi connectivity index (χ2n) is 8.14. The van der Waals surface area contributed by atoms with Gasteiger partial charge in [0.2, 0.25) is 15.9 Å². The van der Waals surface area contributed by atoms with E-state index in [4.69, 9.17) is 9.47 Å². The summed E-state index contributed by atoms with van der Waals surface area (Å²) in [7, 11) is -4.06. The van der Waals surface area contributed by atoms with Crippen molar-refractivity contribution in [2.24, 2.45) is 0 Å². The third-order valence-corrected chi connectivity index (χ3v) is 6.32. The standard InChI is InChI=1S/C21H22F3N3O5S/c1-12-6-7-17-25-14(12)9-31-16-5-3-4-13(19(16)22)8-15-20(26-33(2,29)30)21(23,24)11-27(15)18(28)10-32-17/h3-7,15,20,26H,8-11H2,1-2H3/t15-,20+/m0/s1. The largest absolute Gasteiger partial charge is 0.484 e. The summed E-state index contributed by atoms with van der Waals surface area (Å²) in [5.74, 6) is -5.21. The average molecular weight is 485 g/mol. The van der Waals surface area contributed by atoms with Crippen molar-refractivity contribution < 1.29 is 35.9 Å². The van der Waals surface area contributed by atoms with E-state index in [9.17, 15) is 22.0 Å². The molecule has 0 radical (unpaired) electrons. The number of amides is 1. The van der Waals surface area contributed by atoms with Gasteiger partial charge in [-0.25, -0.2) is 31.3 Å². The fraction of sp³-hybridized carbons (Fsp3) is 0.429. The zero-order valence-corrected chi connectivity index (χ0v) is 18.7. The number of benzene rings is 1. The lowest BCUT2D eigenvalue weighted by Gasteiger charge is -2.28. The van der Waals surface area contributed by atoms with Crippen LogP contribution in [0.1, 0.15) is 16.8 Å². The molecule has 0 unspecified atom stereocenters. The molecule has 12 heteroatoms. The predicted molar refractivity (Wildman–Crippen MR) is 111 cm³/mol. The lowest BCUT2D eigenvalue weighted by molar-refractivity contribution is -0.135. The van der Waals surface area contributed by atoms with Gasteiger partial charge >= 0.3 is 0 Å². The first-order valence-corrected chi connectivity index (χ1v) is 12.0. The highest BCUT2D eigenvalue weighted by molar-refractivity contribution is 7.88. The Kier molecular flexibility index (Phi) is 5.99. The molecule has 1 saturated heterocycles. The number of nitrogens with zero attached hydrogens (tertiary/aromatic N) is 2. The van der Waals surface area contributed by atoms with Crippen LogP contribution in [0.4, 0.5) is 13.2 Å². The van der Waals surface area contributed by atoms with E-state index in [2.05, 4.69) is 4.98 Å². The van der Waals surface area contributed by atoms with Gasteiger partial charge in [0.05, 0.1) is 24.5 Å². The molecule has 1 amide bonds. The second-order valence-corrected chi connectivity index (χ2v) is 9.92. The SMILES string of the molecule is Cc1ccc2nc1COc1cccc(c1F)C[C@H]1[C@@H](NS(C)(=O)=O)C(F)(F)CN1C(=O)CO2. The molecule has 0 spiro atoms. The number of hydrogen-bond donors (Lipinski definition) is 1. The summed E-state index contributed by atoms with van der Waals surface area (Å²) in [5.41, 5.74) is 1.22. The number of aromatic nitrogens is 1. The summed E-state index contributed by atoms with van der Waals surface area (Å²) in [6.07, 6.45) is 0.384. The highest BCUT2D eigenvalue weighted by Crippen LogP contribution is 2.36. The Morgan fingerprint density at radius 2 is 1.94 bits per heavy atom. The monoisotopic (exact) mass is 485 g/mol. The minimum absolute atomic E-state index is 0.00436. The van der Waals surface area contributed by atoms with Gasteiger partial charge < -0.3 is 14.4 Å². The van der Waals surface area contributed by atoms with Crippen molar-refractivity contribution in [1.82, 2.24) is 14.6 Å². The maximum absolute atomic E-state index is 15.2. The van der Waals surface area contributed by atoms with Crippen LogP contribution in [-0.4, -0.2) is 61.6 Å². The summed E-state index contributed by atoms with van der Waals surface area (Å²) < 4.78 is 81.5. The van der Waals surface area contributed by atoms with Crippen LogP contribution in [0.25, 0.3) is 0 Å². The molecule has 33 heavy (non-hydrogen) atoms. The van der Waals surface area contributed by atoms with E-state index in [0.717, 1.165) is 16.7 Å². The molecule has 1 fully saturated rings. The highest BCUT2D eigenvalue weighted by atomic mass is 32.2. The number of halogens is 3. The van der Waals surface area contributed by atoms with Gasteiger partial charge in [0, 0.05) is 6.07 Å². The van der Waals surface area contributed by atoms with Gasteiger partial charge in [-0.2, -0.15) is 0 Å². The van der Waals surface area contributed by atoms with Crippen molar-refractivity contribution in [3.8, 4) is 11.6 Å². The number of nitrogens with one attached hydrogen (secondary N) is 1. The topological polar surface area (TPSA) is 97.8 Å². The summed E-state index contributed by atoms with van der Waals surface area (Å²) in [6, 6.07) is 4.16. The third kappa shape index (κ3) is 4.91. The van der Waals surface area contributed by atoms with Crippen molar-refractivity contribution >= 4 is 15.9 Å². The van der Waals surface area contributed by atoms with Crippen LogP contribution >= 0.6 is 0 Å². The van der Waals surface area contributed by atoms with Crippen molar-refractivity contribution in [3.05, 3.63) is 53.0 Å². The third-order valence-electron chi connectivity index (χ3n) is 5.64. The van der Waals surface area contributed by atoms with Crippen LogP contribution in [0.5, 0.6) is 11.6 Å². The van der Waals surface area contributed by atoms with Crippen molar-refractivity contribution in [2.45, 2.75) is 38.0 Å². The van der Waals surface area contributed by atoms with Gasteiger partial charge in [-0.15, -0.1) is 0 Å². The summed E-state index contributed by atoms with van der Waals surface area (Å²) in [5, 5.41) is 0. The Hall–Kier alpha value is -2.86. The molecule has 178 valence electrons. The molecule has 3 heterocycles.